The maximum atomic E-state index is 13.9. The Balaban J connectivity index is 0.00000312. The van der Waals surface area contributed by atoms with Crippen LogP contribution in [0.15, 0.2) is 27.7 Å². The highest BCUT2D eigenvalue weighted by Crippen LogP contribution is 2.20. The van der Waals surface area contributed by atoms with Crippen LogP contribution in [-0.2, 0) is 13.0 Å². The van der Waals surface area contributed by atoms with Crippen LogP contribution < -0.4 is 5.32 Å². The lowest BCUT2D eigenvalue weighted by atomic mass is 10.1. The van der Waals surface area contributed by atoms with E-state index in [1.54, 1.807) is 19.2 Å². The molecule has 1 heterocycles. The molecule has 0 unspecified atom stereocenters. The Hall–Kier alpha value is -1.35. The van der Waals surface area contributed by atoms with Gasteiger partial charge >= 0.3 is 0 Å². The van der Waals surface area contributed by atoms with Gasteiger partial charge in [0.05, 0.1) is 5.69 Å². The molecule has 2 aromatic rings. The smallest absolute Gasteiger partial charge is 0.193 e. The van der Waals surface area contributed by atoms with Gasteiger partial charge in [0.25, 0.3) is 0 Å². The van der Waals surface area contributed by atoms with Crippen LogP contribution in [0.5, 0.6) is 0 Å². The third kappa shape index (κ3) is 5.57. The van der Waals surface area contributed by atoms with Crippen molar-refractivity contribution in [2.45, 2.75) is 26.8 Å². The highest BCUT2D eigenvalue weighted by Gasteiger charge is 2.13. The maximum Gasteiger partial charge on any atom is 0.193 e. The summed E-state index contributed by atoms with van der Waals surface area (Å²) in [5.41, 5.74) is 2.45. The zero-order valence-electron chi connectivity index (χ0n) is 14.8. The minimum absolute atomic E-state index is 0. The number of aromatic nitrogens is 1. The molecule has 2 rings (SSSR count). The second kappa shape index (κ2) is 9.96. The number of rotatable bonds is 5. The summed E-state index contributed by atoms with van der Waals surface area (Å²) in [5, 5.41) is 7.62. The Labute approximate surface area is 169 Å². The summed E-state index contributed by atoms with van der Waals surface area (Å²) in [5.74, 6) is 1.18. The molecule has 1 aromatic heterocycles. The quantitative estimate of drug-likeness (QED) is 0.400. The number of hydrogen-bond acceptors (Lipinski definition) is 3. The third-order valence-electron chi connectivity index (χ3n) is 3.87. The van der Waals surface area contributed by atoms with E-state index in [-0.39, 0.29) is 29.8 Å². The molecule has 0 atom stereocenters. The number of benzene rings is 1. The van der Waals surface area contributed by atoms with Crippen molar-refractivity contribution in [1.82, 2.24) is 15.4 Å². The molecule has 8 heteroatoms. The predicted molar refractivity (Wildman–Crippen MR) is 109 cm³/mol. The van der Waals surface area contributed by atoms with Gasteiger partial charge in [-0.05, 0) is 32.4 Å². The Bertz CT molecular complexity index is 696. The molecule has 0 saturated carbocycles. The number of aliphatic imine (C=N–C) groups is 1. The molecule has 1 N–H and O–H groups in total. The van der Waals surface area contributed by atoms with Gasteiger partial charge in [-0.3, -0.25) is 4.99 Å². The Morgan fingerprint density at radius 2 is 2.08 bits per heavy atom. The van der Waals surface area contributed by atoms with Crippen LogP contribution >= 0.6 is 35.6 Å². The molecule has 1 aromatic carbocycles. The van der Waals surface area contributed by atoms with Crippen LogP contribution in [0.2, 0.25) is 5.02 Å². The summed E-state index contributed by atoms with van der Waals surface area (Å²) in [6.45, 7) is 4.82. The van der Waals surface area contributed by atoms with Gasteiger partial charge in [0.2, 0.25) is 0 Å². The van der Waals surface area contributed by atoms with E-state index < -0.39 is 0 Å². The van der Waals surface area contributed by atoms with Gasteiger partial charge in [0.15, 0.2) is 5.96 Å². The van der Waals surface area contributed by atoms with Crippen molar-refractivity contribution >= 4 is 41.5 Å². The largest absolute Gasteiger partial charge is 0.361 e. The minimum atomic E-state index is -0.319. The van der Waals surface area contributed by atoms with Crippen LogP contribution in [0.25, 0.3) is 0 Å². The number of guanidine groups is 1. The summed E-state index contributed by atoms with van der Waals surface area (Å²) in [4.78, 5) is 6.07. The number of nitrogens with one attached hydrogen (secondary N) is 1. The summed E-state index contributed by atoms with van der Waals surface area (Å²) < 4.78 is 19.1. The van der Waals surface area contributed by atoms with Crippen molar-refractivity contribution in [1.29, 1.82) is 0 Å². The third-order valence-corrected chi connectivity index (χ3v) is 4.22. The molecule has 0 amide bonds. The molecule has 5 nitrogen and oxygen atoms in total. The van der Waals surface area contributed by atoms with E-state index >= 15 is 0 Å². The van der Waals surface area contributed by atoms with Gasteiger partial charge < -0.3 is 14.7 Å². The van der Waals surface area contributed by atoms with Crippen molar-refractivity contribution in [3.05, 3.63) is 51.6 Å². The van der Waals surface area contributed by atoms with E-state index in [4.69, 9.17) is 16.1 Å². The van der Waals surface area contributed by atoms with Crippen molar-refractivity contribution in [2.75, 3.05) is 20.6 Å². The van der Waals surface area contributed by atoms with Gasteiger partial charge in [-0.1, -0.05) is 22.8 Å². The molecule has 0 bridgehead atoms. The lowest BCUT2D eigenvalue weighted by Crippen LogP contribution is -2.39. The average Bonchev–Trinajstić information content (AvgIpc) is 2.86. The summed E-state index contributed by atoms with van der Waals surface area (Å²) in [6.07, 6.45) is 0.772. The van der Waals surface area contributed by atoms with Gasteiger partial charge in [-0.25, -0.2) is 4.39 Å². The molecule has 0 aliphatic heterocycles. The topological polar surface area (TPSA) is 53.7 Å². The lowest BCUT2D eigenvalue weighted by Gasteiger charge is -2.23. The highest BCUT2D eigenvalue weighted by atomic mass is 127. The zero-order chi connectivity index (χ0) is 17.7. The van der Waals surface area contributed by atoms with Crippen molar-refractivity contribution in [3.8, 4) is 0 Å². The molecule has 0 aliphatic carbocycles. The van der Waals surface area contributed by atoms with E-state index in [1.165, 1.54) is 6.07 Å². The maximum absolute atomic E-state index is 13.9. The van der Waals surface area contributed by atoms with Crippen molar-refractivity contribution in [3.63, 3.8) is 0 Å². The van der Waals surface area contributed by atoms with E-state index in [0.29, 0.717) is 29.6 Å². The van der Waals surface area contributed by atoms with Crippen LogP contribution in [0.4, 0.5) is 4.39 Å². The average molecular weight is 481 g/mol. The summed E-state index contributed by atoms with van der Waals surface area (Å²) >= 11 is 6.08. The van der Waals surface area contributed by atoms with Crippen LogP contribution in [0, 0.1) is 19.7 Å². The van der Waals surface area contributed by atoms with Gasteiger partial charge in [0.1, 0.15) is 11.6 Å². The molecule has 0 saturated heterocycles. The number of aryl methyl sites for hydroxylation is 2. The molecule has 0 fully saturated rings. The number of hydrogen-bond donors (Lipinski definition) is 1. The Morgan fingerprint density at radius 1 is 1.36 bits per heavy atom. The standard InChI is InChI=1S/C17H22ClFN4O.HI/c1-11-13(12(2)24-22-11)8-9-21-17(20-3)23(4)10-14-15(18)6-5-7-16(14)19;/h5-7H,8-10H2,1-4H3,(H,20,21);1H. The first-order chi connectivity index (χ1) is 11.4. The molecule has 138 valence electrons. The fraction of sp³-hybridized carbons (Fsp3) is 0.412. The van der Waals surface area contributed by atoms with Crippen LogP contribution in [0.3, 0.4) is 0 Å². The first kappa shape index (κ1) is 21.7. The van der Waals surface area contributed by atoms with Crippen LogP contribution in [-0.4, -0.2) is 36.7 Å². The van der Waals surface area contributed by atoms with Crippen LogP contribution in [0.1, 0.15) is 22.6 Å². The Morgan fingerprint density at radius 3 is 2.64 bits per heavy atom. The molecular weight excluding hydrogens is 458 g/mol. The van der Waals surface area contributed by atoms with E-state index in [2.05, 4.69) is 15.5 Å². The highest BCUT2D eigenvalue weighted by molar-refractivity contribution is 14.0. The zero-order valence-corrected chi connectivity index (χ0v) is 17.9. The van der Waals surface area contributed by atoms with E-state index in [0.717, 1.165) is 23.4 Å². The fourth-order valence-electron chi connectivity index (χ4n) is 2.54. The van der Waals surface area contributed by atoms with E-state index in [1.807, 2.05) is 25.8 Å². The molecule has 0 spiro atoms. The second-order valence-electron chi connectivity index (χ2n) is 5.58. The van der Waals surface area contributed by atoms with E-state index in [9.17, 15) is 4.39 Å². The monoisotopic (exact) mass is 480 g/mol. The SMILES string of the molecule is CN=C(NCCc1c(C)noc1C)N(C)Cc1c(F)cccc1Cl.I. The molecule has 25 heavy (non-hydrogen) atoms. The molecular formula is C17H23ClFIN4O. The second-order valence-corrected chi connectivity index (χ2v) is 5.99. The number of halogens is 3. The van der Waals surface area contributed by atoms with Crippen molar-refractivity contribution < 1.29 is 8.91 Å². The summed E-state index contributed by atoms with van der Waals surface area (Å²) in [7, 11) is 3.53. The van der Waals surface area contributed by atoms with Gasteiger partial charge in [-0.2, -0.15) is 0 Å². The fourth-order valence-corrected chi connectivity index (χ4v) is 2.76. The predicted octanol–water partition coefficient (Wildman–Crippen LogP) is 3.95. The minimum Gasteiger partial charge on any atom is -0.361 e. The first-order valence-electron chi connectivity index (χ1n) is 7.70. The summed E-state index contributed by atoms with van der Waals surface area (Å²) in [6, 6.07) is 4.68. The van der Waals surface area contributed by atoms with Gasteiger partial charge in [0, 0.05) is 43.3 Å². The number of nitrogens with zero attached hydrogens (tertiary/aromatic N) is 3. The lowest BCUT2D eigenvalue weighted by molar-refractivity contribution is 0.392. The first-order valence-corrected chi connectivity index (χ1v) is 8.08. The van der Waals surface area contributed by atoms with Gasteiger partial charge in [-0.15, -0.1) is 24.0 Å². The Kier molecular flexibility index (Phi) is 8.64. The van der Waals surface area contributed by atoms with Crippen molar-refractivity contribution in [2.24, 2.45) is 4.99 Å². The molecule has 0 aliphatic rings. The molecule has 0 radical (unpaired) electrons. The normalized spacial score (nSPS) is 11.2.